The molecule has 2 heterocycles. The number of nitrogens with zero attached hydrogens (tertiary/aromatic N) is 2. The van der Waals surface area contributed by atoms with Crippen molar-refractivity contribution in [3.63, 3.8) is 0 Å². The van der Waals surface area contributed by atoms with E-state index in [1.165, 1.54) is 27.7 Å². The monoisotopic (exact) mass is 349 g/mol. The van der Waals surface area contributed by atoms with Gasteiger partial charge < -0.3 is 14.6 Å². The Bertz CT molecular complexity index is 847. The maximum Gasteiger partial charge on any atom is 0.0594 e. The van der Waals surface area contributed by atoms with Gasteiger partial charge in [-0.15, -0.1) is 0 Å². The van der Waals surface area contributed by atoms with Crippen LogP contribution in [-0.2, 0) is 17.8 Å². The molecule has 136 valence electrons. The summed E-state index contributed by atoms with van der Waals surface area (Å²) in [6.07, 6.45) is 2.31. The average molecular weight is 349 g/mol. The van der Waals surface area contributed by atoms with Crippen molar-refractivity contribution in [1.29, 1.82) is 0 Å². The van der Waals surface area contributed by atoms with Gasteiger partial charge in [0, 0.05) is 55.5 Å². The van der Waals surface area contributed by atoms with Crippen molar-refractivity contribution in [2.45, 2.75) is 20.0 Å². The zero-order valence-corrected chi connectivity index (χ0v) is 15.4. The minimum absolute atomic E-state index is 0.841. The number of hydrogen-bond donors (Lipinski definition) is 1. The summed E-state index contributed by atoms with van der Waals surface area (Å²) in [5.41, 5.74) is 5.13. The number of hydrogen-bond acceptors (Lipinski definition) is 3. The summed E-state index contributed by atoms with van der Waals surface area (Å²) in [5.74, 6) is 0. The van der Waals surface area contributed by atoms with Gasteiger partial charge >= 0.3 is 0 Å². The van der Waals surface area contributed by atoms with Gasteiger partial charge in [0.25, 0.3) is 0 Å². The standard InChI is InChI=1S/C22H27N3O/c1-18-6-8-20(9-7-18)23-16-19-17-25(22-5-3-2-4-21(19)22)11-10-24-12-14-26-15-13-24/h2-9,17,23H,10-16H2,1H3. The van der Waals surface area contributed by atoms with Gasteiger partial charge in [-0.2, -0.15) is 0 Å². The first-order chi connectivity index (χ1) is 12.8. The molecular weight excluding hydrogens is 322 g/mol. The quantitative estimate of drug-likeness (QED) is 0.732. The highest BCUT2D eigenvalue weighted by atomic mass is 16.5. The highest BCUT2D eigenvalue weighted by molar-refractivity contribution is 5.84. The lowest BCUT2D eigenvalue weighted by atomic mass is 10.1. The van der Waals surface area contributed by atoms with Crippen LogP contribution in [0.5, 0.6) is 0 Å². The van der Waals surface area contributed by atoms with Crippen LogP contribution < -0.4 is 5.32 Å². The molecule has 4 rings (SSSR count). The summed E-state index contributed by atoms with van der Waals surface area (Å²) < 4.78 is 7.85. The predicted octanol–water partition coefficient (Wildman–Crippen LogP) is 3.89. The fourth-order valence-electron chi connectivity index (χ4n) is 3.59. The molecule has 0 spiro atoms. The van der Waals surface area contributed by atoms with E-state index in [2.05, 4.69) is 76.4 Å². The van der Waals surface area contributed by atoms with Crippen molar-refractivity contribution in [3.05, 3.63) is 65.9 Å². The normalized spacial score (nSPS) is 15.4. The number of aromatic nitrogens is 1. The summed E-state index contributed by atoms with van der Waals surface area (Å²) in [5, 5.41) is 4.90. The number of nitrogens with one attached hydrogen (secondary N) is 1. The molecule has 1 aliphatic rings. The fraction of sp³-hybridized carbons (Fsp3) is 0.364. The third-order valence-corrected chi connectivity index (χ3v) is 5.17. The molecular formula is C22H27N3O. The smallest absolute Gasteiger partial charge is 0.0594 e. The molecule has 26 heavy (non-hydrogen) atoms. The van der Waals surface area contributed by atoms with E-state index in [1.54, 1.807) is 0 Å². The molecule has 1 aromatic heterocycles. The Hall–Kier alpha value is -2.30. The van der Waals surface area contributed by atoms with Crippen molar-refractivity contribution < 1.29 is 4.74 Å². The number of fused-ring (bicyclic) bond motifs is 1. The molecule has 2 aromatic carbocycles. The predicted molar refractivity (Wildman–Crippen MR) is 108 cm³/mol. The van der Waals surface area contributed by atoms with Crippen LogP contribution in [0.2, 0.25) is 0 Å². The summed E-state index contributed by atoms with van der Waals surface area (Å²) in [7, 11) is 0. The van der Waals surface area contributed by atoms with E-state index in [0.29, 0.717) is 0 Å². The van der Waals surface area contributed by atoms with Crippen LogP contribution in [0.15, 0.2) is 54.7 Å². The number of morpholine rings is 1. The largest absolute Gasteiger partial charge is 0.381 e. The maximum atomic E-state index is 5.45. The van der Waals surface area contributed by atoms with Crippen molar-refractivity contribution in [1.82, 2.24) is 9.47 Å². The first-order valence-corrected chi connectivity index (χ1v) is 9.47. The van der Waals surface area contributed by atoms with Crippen LogP contribution in [0.3, 0.4) is 0 Å². The SMILES string of the molecule is Cc1ccc(NCc2cn(CCN3CCOCC3)c3ccccc23)cc1. The molecule has 1 N–H and O–H groups in total. The van der Waals surface area contributed by atoms with Gasteiger partial charge in [-0.1, -0.05) is 35.9 Å². The molecule has 0 aliphatic carbocycles. The second-order valence-corrected chi connectivity index (χ2v) is 7.04. The summed E-state index contributed by atoms with van der Waals surface area (Å²) in [6, 6.07) is 17.3. The Balaban J connectivity index is 1.48. The highest BCUT2D eigenvalue weighted by Gasteiger charge is 2.12. The van der Waals surface area contributed by atoms with Crippen molar-refractivity contribution in [2.24, 2.45) is 0 Å². The molecule has 1 fully saturated rings. The summed E-state index contributed by atoms with van der Waals surface area (Å²) in [4.78, 5) is 2.49. The molecule has 4 nitrogen and oxygen atoms in total. The lowest BCUT2D eigenvalue weighted by Gasteiger charge is -2.26. The number of para-hydroxylation sites is 1. The molecule has 0 saturated carbocycles. The molecule has 0 amide bonds. The van der Waals surface area contributed by atoms with Gasteiger partial charge in [0.1, 0.15) is 0 Å². The fourth-order valence-corrected chi connectivity index (χ4v) is 3.59. The molecule has 1 saturated heterocycles. The molecule has 4 heteroatoms. The molecule has 0 bridgehead atoms. The van der Waals surface area contributed by atoms with E-state index in [9.17, 15) is 0 Å². The Morgan fingerprint density at radius 2 is 1.73 bits per heavy atom. The van der Waals surface area contributed by atoms with Crippen molar-refractivity contribution in [3.8, 4) is 0 Å². The van der Waals surface area contributed by atoms with E-state index in [0.717, 1.165) is 45.9 Å². The zero-order chi connectivity index (χ0) is 17.8. The first kappa shape index (κ1) is 17.1. The Morgan fingerprint density at radius 3 is 2.54 bits per heavy atom. The molecule has 0 atom stereocenters. The van der Waals surface area contributed by atoms with Gasteiger partial charge in [-0.25, -0.2) is 0 Å². The minimum atomic E-state index is 0.841. The highest BCUT2D eigenvalue weighted by Crippen LogP contribution is 2.22. The van der Waals surface area contributed by atoms with Gasteiger partial charge in [0.15, 0.2) is 0 Å². The number of benzene rings is 2. The first-order valence-electron chi connectivity index (χ1n) is 9.47. The molecule has 0 radical (unpaired) electrons. The van der Waals surface area contributed by atoms with Crippen molar-refractivity contribution >= 4 is 16.6 Å². The third kappa shape index (κ3) is 3.92. The minimum Gasteiger partial charge on any atom is -0.381 e. The van der Waals surface area contributed by atoms with Crippen LogP contribution in [-0.4, -0.2) is 42.3 Å². The van der Waals surface area contributed by atoms with Crippen LogP contribution in [0, 0.1) is 6.92 Å². The van der Waals surface area contributed by atoms with Gasteiger partial charge in [-0.3, -0.25) is 4.90 Å². The molecule has 1 aliphatic heterocycles. The maximum absolute atomic E-state index is 5.45. The van der Waals surface area contributed by atoms with E-state index in [1.807, 2.05) is 0 Å². The number of aryl methyl sites for hydroxylation is 1. The van der Waals surface area contributed by atoms with Crippen LogP contribution in [0.25, 0.3) is 10.9 Å². The van der Waals surface area contributed by atoms with Gasteiger partial charge in [-0.05, 0) is 30.7 Å². The van der Waals surface area contributed by atoms with Gasteiger partial charge in [0.05, 0.1) is 13.2 Å². The Kier molecular flexibility index (Phi) is 5.23. The number of ether oxygens (including phenoxy) is 1. The third-order valence-electron chi connectivity index (χ3n) is 5.17. The second-order valence-electron chi connectivity index (χ2n) is 7.04. The van der Waals surface area contributed by atoms with E-state index in [4.69, 9.17) is 4.74 Å². The van der Waals surface area contributed by atoms with Crippen molar-refractivity contribution in [2.75, 3.05) is 38.2 Å². The summed E-state index contributed by atoms with van der Waals surface area (Å²) >= 11 is 0. The van der Waals surface area contributed by atoms with Crippen LogP contribution in [0.4, 0.5) is 5.69 Å². The second kappa shape index (κ2) is 7.94. The molecule has 3 aromatic rings. The number of rotatable bonds is 6. The lowest BCUT2D eigenvalue weighted by Crippen LogP contribution is -2.38. The summed E-state index contributed by atoms with van der Waals surface area (Å²) in [6.45, 7) is 8.86. The van der Waals surface area contributed by atoms with E-state index < -0.39 is 0 Å². The van der Waals surface area contributed by atoms with E-state index >= 15 is 0 Å². The Labute approximate surface area is 155 Å². The topological polar surface area (TPSA) is 29.4 Å². The van der Waals surface area contributed by atoms with Crippen LogP contribution in [0.1, 0.15) is 11.1 Å². The zero-order valence-electron chi connectivity index (χ0n) is 15.4. The number of anilines is 1. The lowest BCUT2D eigenvalue weighted by molar-refractivity contribution is 0.0365. The molecule has 0 unspecified atom stereocenters. The van der Waals surface area contributed by atoms with Crippen LogP contribution >= 0.6 is 0 Å². The average Bonchev–Trinajstić information content (AvgIpc) is 3.05. The van der Waals surface area contributed by atoms with Gasteiger partial charge in [0.2, 0.25) is 0 Å². The Morgan fingerprint density at radius 1 is 0.962 bits per heavy atom. The van der Waals surface area contributed by atoms with E-state index in [-0.39, 0.29) is 0 Å².